The van der Waals surface area contributed by atoms with E-state index in [-0.39, 0.29) is 0 Å². The first-order chi connectivity index (χ1) is 9.88. The molecule has 3 nitrogen and oxygen atoms in total. The SMILES string of the molecule is CCc1cccnc1CNC1CCCC1C1CCCN1. The minimum atomic E-state index is 0.678. The van der Waals surface area contributed by atoms with Crippen LogP contribution < -0.4 is 10.6 Å². The fourth-order valence-electron chi connectivity index (χ4n) is 3.98. The highest BCUT2D eigenvalue weighted by Gasteiger charge is 2.34. The summed E-state index contributed by atoms with van der Waals surface area (Å²) in [6.45, 7) is 4.35. The monoisotopic (exact) mass is 273 g/mol. The lowest BCUT2D eigenvalue weighted by atomic mass is 9.93. The van der Waals surface area contributed by atoms with E-state index in [0.717, 1.165) is 24.9 Å². The molecular formula is C17H27N3. The van der Waals surface area contributed by atoms with E-state index in [0.29, 0.717) is 6.04 Å². The summed E-state index contributed by atoms with van der Waals surface area (Å²) in [5.41, 5.74) is 2.62. The summed E-state index contributed by atoms with van der Waals surface area (Å²) >= 11 is 0. The molecule has 3 unspecified atom stereocenters. The van der Waals surface area contributed by atoms with Crippen molar-refractivity contribution in [1.29, 1.82) is 0 Å². The highest BCUT2D eigenvalue weighted by Crippen LogP contribution is 2.32. The Morgan fingerprint density at radius 3 is 3.05 bits per heavy atom. The average Bonchev–Trinajstić information content (AvgIpc) is 3.15. The third kappa shape index (κ3) is 3.04. The molecule has 0 aromatic carbocycles. The van der Waals surface area contributed by atoms with E-state index in [1.807, 2.05) is 12.3 Å². The molecule has 1 aromatic heterocycles. The number of rotatable bonds is 5. The summed E-state index contributed by atoms with van der Waals surface area (Å²) in [5.74, 6) is 0.825. The predicted molar refractivity (Wildman–Crippen MR) is 82.6 cm³/mol. The lowest BCUT2D eigenvalue weighted by Crippen LogP contribution is -2.42. The second-order valence-corrected chi connectivity index (χ2v) is 6.25. The number of nitrogens with zero attached hydrogens (tertiary/aromatic N) is 1. The number of hydrogen-bond donors (Lipinski definition) is 2. The molecule has 2 heterocycles. The van der Waals surface area contributed by atoms with Crippen LogP contribution in [0.5, 0.6) is 0 Å². The van der Waals surface area contributed by atoms with Crippen molar-refractivity contribution in [2.45, 2.75) is 64.1 Å². The molecular weight excluding hydrogens is 246 g/mol. The normalized spacial score (nSPS) is 29.9. The van der Waals surface area contributed by atoms with Crippen LogP contribution in [0.4, 0.5) is 0 Å². The van der Waals surface area contributed by atoms with Crippen LogP contribution >= 0.6 is 0 Å². The second-order valence-electron chi connectivity index (χ2n) is 6.25. The smallest absolute Gasteiger partial charge is 0.0573 e. The molecule has 3 rings (SSSR count). The van der Waals surface area contributed by atoms with E-state index >= 15 is 0 Å². The van der Waals surface area contributed by atoms with Crippen LogP contribution in [-0.2, 0) is 13.0 Å². The molecule has 2 aliphatic rings. The van der Waals surface area contributed by atoms with Crippen LogP contribution in [0.2, 0.25) is 0 Å². The number of aryl methyl sites for hydroxylation is 1. The standard InChI is InChI=1S/C17H27N3/c1-2-13-6-4-10-19-17(13)12-20-16-8-3-7-14(16)15-9-5-11-18-15/h4,6,10,14-16,18,20H,2-3,5,7-9,11-12H2,1H3. The molecule has 3 atom stereocenters. The molecule has 2 fully saturated rings. The summed E-state index contributed by atoms with van der Waals surface area (Å²) in [6, 6.07) is 5.68. The van der Waals surface area contributed by atoms with E-state index in [9.17, 15) is 0 Å². The van der Waals surface area contributed by atoms with Gasteiger partial charge in [0.2, 0.25) is 0 Å². The lowest BCUT2D eigenvalue weighted by Gasteiger charge is -2.26. The largest absolute Gasteiger partial charge is 0.314 e. The molecule has 1 saturated heterocycles. The Labute approximate surface area is 122 Å². The summed E-state index contributed by atoms with van der Waals surface area (Å²) in [7, 11) is 0. The van der Waals surface area contributed by atoms with Crippen molar-refractivity contribution >= 4 is 0 Å². The third-order valence-corrected chi connectivity index (χ3v) is 5.08. The molecule has 0 bridgehead atoms. The minimum Gasteiger partial charge on any atom is -0.314 e. The maximum absolute atomic E-state index is 4.55. The van der Waals surface area contributed by atoms with E-state index in [1.54, 1.807) is 0 Å². The van der Waals surface area contributed by atoms with Crippen LogP contribution in [0.15, 0.2) is 18.3 Å². The van der Waals surface area contributed by atoms with Crippen LogP contribution in [0.1, 0.15) is 50.3 Å². The van der Waals surface area contributed by atoms with Gasteiger partial charge in [-0.25, -0.2) is 0 Å². The molecule has 0 radical (unpaired) electrons. The first-order valence-corrected chi connectivity index (χ1v) is 8.28. The summed E-state index contributed by atoms with van der Waals surface area (Å²) < 4.78 is 0. The molecule has 1 aliphatic carbocycles. The van der Waals surface area contributed by atoms with Gasteiger partial charge in [0, 0.05) is 24.8 Å². The quantitative estimate of drug-likeness (QED) is 0.866. The zero-order valence-corrected chi connectivity index (χ0v) is 12.6. The first kappa shape index (κ1) is 14.0. The average molecular weight is 273 g/mol. The highest BCUT2D eigenvalue weighted by atomic mass is 15.0. The van der Waals surface area contributed by atoms with Gasteiger partial charge in [0.25, 0.3) is 0 Å². The second kappa shape index (κ2) is 6.68. The van der Waals surface area contributed by atoms with Crippen LogP contribution in [0, 0.1) is 5.92 Å². The molecule has 0 spiro atoms. The Morgan fingerprint density at radius 2 is 2.25 bits per heavy atom. The van der Waals surface area contributed by atoms with E-state index < -0.39 is 0 Å². The van der Waals surface area contributed by atoms with Crippen molar-refractivity contribution < 1.29 is 0 Å². The molecule has 1 saturated carbocycles. The highest BCUT2D eigenvalue weighted by molar-refractivity contribution is 5.19. The number of pyridine rings is 1. The lowest BCUT2D eigenvalue weighted by molar-refractivity contribution is 0.319. The van der Waals surface area contributed by atoms with Gasteiger partial charge in [0.05, 0.1) is 5.69 Å². The molecule has 1 aromatic rings. The van der Waals surface area contributed by atoms with Crippen LogP contribution in [0.25, 0.3) is 0 Å². The predicted octanol–water partition coefficient (Wildman–Crippen LogP) is 2.65. The summed E-state index contributed by atoms with van der Waals surface area (Å²) in [5, 5.41) is 7.49. The topological polar surface area (TPSA) is 37.0 Å². The van der Waals surface area contributed by atoms with E-state index in [2.05, 4.69) is 28.6 Å². The summed E-state index contributed by atoms with van der Waals surface area (Å²) in [4.78, 5) is 4.55. The number of nitrogens with one attached hydrogen (secondary N) is 2. The Hall–Kier alpha value is -0.930. The minimum absolute atomic E-state index is 0.678. The van der Waals surface area contributed by atoms with Gasteiger partial charge in [0.15, 0.2) is 0 Å². The van der Waals surface area contributed by atoms with Gasteiger partial charge in [-0.05, 0) is 56.2 Å². The fraction of sp³-hybridized carbons (Fsp3) is 0.706. The van der Waals surface area contributed by atoms with Crippen molar-refractivity contribution in [2.24, 2.45) is 5.92 Å². The Kier molecular flexibility index (Phi) is 4.69. The maximum Gasteiger partial charge on any atom is 0.0573 e. The molecule has 20 heavy (non-hydrogen) atoms. The number of aromatic nitrogens is 1. The van der Waals surface area contributed by atoms with E-state index in [1.165, 1.54) is 49.9 Å². The number of hydrogen-bond acceptors (Lipinski definition) is 3. The molecule has 1 aliphatic heterocycles. The first-order valence-electron chi connectivity index (χ1n) is 8.28. The fourth-order valence-corrected chi connectivity index (χ4v) is 3.98. The Morgan fingerprint density at radius 1 is 1.30 bits per heavy atom. The van der Waals surface area contributed by atoms with Crippen LogP contribution in [0.3, 0.4) is 0 Å². The zero-order chi connectivity index (χ0) is 13.8. The van der Waals surface area contributed by atoms with Crippen molar-refractivity contribution in [3.63, 3.8) is 0 Å². The van der Waals surface area contributed by atoms with Gasteiger partial charge in [-0.3, -0.25) is 4.98 Å². The van der Waals surface area contributed by atoms with Gasteiger partial charge in [-0.15, -0.1) is 0 Å². The Balaban J connectivity index is 1.59. The van der Waals surface area contributed by atoms with Gasteiger partial charge in [-0.1, -0.05) is 19.4 Å². The van der Waals surface area contributed by atoms with E-state index in [4.69, 9.17) is 0 Å². The van der Waals surface area contributed by atoms with Crippen LogP contribution in [-0.4, -0.2) is 23.6 Å². The maximum atomic E-state index is 4.55. The third-order valence-electron chi connectivity index (χ3n) is 5.08. The van der Waals surface area contributed by atoms with Gasteiger partial charge < -0.3 is 10.6 Å². The molecule has 0 amide bonds. The van der Waals surface area contributed by atoms with Crippen molar-refractivity contribution in [1.82, 2.24) is 15.6 Å². The van der Waals surface area contributed by atoms with Gasteiger partial charge >= 0.3 is 0 Å². The summed E-state index contributed by atoms with van der Waals surface area (Å²) in [6.07, 6.45) is 9.81. The van der Waals surface area contributed by atoms with Crippen molar-refractivity contribution in [3.8, 4) is 0 Å². The van der Waals surface area contributed by atoms with Gasteiger partial charge in [0.1, 0.15) is 0 Å². The van der Waals surface area contributed by atoms with Gasteiger partial charge in [-0.2, -0.15) is 0 Å². The molecule has 3 heteroatoms. The molecule has 110 valence electrons. The molecule has 2 N–H and O–H groups in total. The van der Waals surface area contributed by atoms with Crippen molar-refractivity contribution in [3.05, 3.63) is 29.6 Å². The van der Waals surface area contributed by atoms with Crippen molar-refractivity contribution in [2.75, 3.05) is 6.54 Å². The Bertz CT molecular complexity index is 426. The zero-order valence-electron chi connectivity index (χ0n) is 12.6.